The molecule has 1 aliphatic rings. The van der Waals surface area contributed by atoms with Crippen molar-refractivity contribution in [1.82, 2.24) is 9.80 Å². The van der Waals surface area contributed by atoms with E-state index in [0.29, 0.717) is 19.5 Å². The number of hydrogen-bond acceptors (Lipinski definition) is 3. The summed E-state index contributed by atoms with van der Waals surface area (Å²) < 4.78 is 2.44. The Bertz CT molecular complexity index is 1410. The number of hydrogen-bond donors (Lipinski definition) is 0. The summed E-state index contributed by atoms with van der Waals surface area (Å²) >= 11 is 1.77. The molecule has 3 aromatic rings. The van der Waals surface area contributed by atoms with Crippen LogP contribution >= 0.6 is 11.3 Å². The molecule has 1 aromatic heterocycles. The first-order valence-electron chi connectivity index (χ1n) is 16.3. The first-order valence-corrected chi connectivity index (χ1v) is 17.1. The zero-order valence-corrected chi connectivity index (χ0v) is 27.2. The van der Waals surface area contributed by atoms with Gasteiger partial charge in [0.1, 0.15) is 0 Å². The van der Waals surface area contributed by atoms with E-state index in [2.05, 4.69) is 62.1 Å². The molecule has 4 rings (SSSR count). The van der Waals surface area contributed by atoms with Crippen molar-refractivity contribution in [2.45, 2.75) is 123 Å². The number of carbonyl (C=O) groups excluding carboxylic acids is 2. The van der Waals surface area contributed by atoms with E-state index >= 15 is 0 Å². The average Bonchev–Trinajstić information content (AvgIpc) is 3.35. The monoisotopic (exact) mass is 586 g/mol. The van der Waals surface area contributed by atoms with Crippen LogP contribution in [0.3, 0.4) is 0 Å². The van der Waals surface area contributed by atoms with E-state index in [0.717, 1.165) is 24.0 Å². The summed E-state index contributed by atoms with van der Waals surface area (Å²) in [7, 11) is 1.80. The Labute approximate surface area is 257 Å². The van der Waals surface area contributed by atoms with Gasteiger partial charge >= 0.3 is 0 Å². The van der Waals surface area contributed by atoms with Crippen molar-refractivity contribution in [3.8, 4) is 11.8 Å². The molecule has 0 N–H and O–H groups in total. The molecule has 2 aromatic carbocycles. The molecule has 42 heavy (non-hydrogen) atoms. The Morgan fingerprint density at radius 2 is 1.43 bits per heavy atom. The molecule has 226 valence electrons. The van der Waals surface area contributed by atoms with Gasteiger partial charge in [-0.1, -0.05) is 96.0 Å². The third-order valence-corrected chi connectivity index (χ3v) is 10.2. The second-order valence-corrected chi connectivity index (χ2v) is 13.5. The molecule has 2 heterocycles. The normalized spacial score (nSPS) is 17.2. The van der Waals surface area contributed by atoms with E-state index in [4.69, 9.17) is 0 Å². The SMILES string of the molecule is CC#Cc1ccc2sc3ccc(C4(C)CC(=O)N(C)CN4C(=O)CCCCCCCCCCCCCCC)cc3c2c1. The molecule has 0 spiro atoms. The summed E-state index contributed by atoms with van der Waals surface area (Å²) in [6.45, 7) is 6.54. The summed E-state index contributed by atoms with van der Waals surface area (Å²) in [5.41, 5.74) is 1.37. The molecule has 1 atom stereocenters. The lowest BCUT2D eigenvalue weighted by Crippen LogP contribution is -2.59. The number of amides is 2. The number of fused-ring (bicyclic) bond motifs is 3. The van der Waals surface area contributed by atoms with Crippen LogP contribution in [-0.2, 0) is 15.1 Å². The van der Waals surface area contributed by atoms with Crippen molar-refractivity contribution >= 4 is 43.3 Å². The Hall–Kier alpha value is -2.84. The van der Waals surface area contributed by atoms with Crippen LogP contribution in [0.25, 0.3) is 20.2 Å². The minimum absolute atomic E-state index is 0.0817. The zero-order chi connectivity index (χ0) is 30.0. The van der Waals surface area contributed by atoms with E-state index in [-0.39, 0.29) is 11.8 Å². The predicted molar refractivity (Wildman–Crippen MR) is 179 cm³/mol. The van der Waals surface area contributed by atoms with Crippen LogP contribution in [0.1, 0.15) is 128 Å². The molecule has 1 saturated heterocycles. The molecular weight excluding hydrogens is 536 g/mol. The van der Waals surface area contributed by atoms with Crippen LogP contribution in [0.5, 0.6) is 0 Å². The molecular formula is C37H50N2O2S. The van der Waals surface area contributed by atoms with Gasteiger partial charge in [-0.3, -0.25) is 9.59 Å². The molecule has 1 aliphatic heterocycles. The summed E-state index contributed by atoms with van der Waals surface area (Å²) in [5, 5.41) is 2.36. The number of carbonyl (C=O) groups is 2. The van der Waals surface area contributed by atoms with Gasteiger partial charge in [0.05, 0.1) is 18.6 Å². The van der Waals surface area contributed by atoms with Crippen LogP contribution in [0, 0.1) is 11.8 Å². The van der Waals surface area contributed by atoms with Gasteiger partial charge < -0.3 is 9.80 Å². The Morgan fingerprint density at radius 1 is 0.857 bits per heavy atom. The van der Waals surface area contributed by atoms with Gasteiger partial charge in [-0.25, -0.2) is 0 Å². The second-order valence-electron chi connectivity index (χ2n) is 12.4. The Morgan fingerprint density at radius 3 is 2.05 bits per heavy atom. The van der Waals surface area contributed by atoms with Crippen LogP contribution in [0.4, 0.5) is 0 Å². The van der Waals surface area contributed by atoms with Crippen LogP contribution in [0.15, 0.2) is 36.4 Å². The molecule has 0 radical (unpaired) electrons. The molecule has 4 nitrogen and oxygen atoms in total. The Balaban J connectivity index is 1.35. The van der Waals surface area contributed by atoms with Gasteiger partial charge in [0.15, 0.2) is 0 Å². The molecule has 0 saturated carbocycles. The van der Waals surface area contributed by atoms with Crippen molar-refractivity contribution in [1.29, 1.82) is 0 Å². The van der Waals surface area contributed by atoms with E-state index in [1.165, 1.54) is 90.8 Å². The van der Waals surface area contributed by atoms with Crippen molar-refractivity contribution in [3.05, 3.63) is 47.5 Å². The molecule has 1 unspecified atom stereocenters. The molecule has 5 heteroatoms. The lowest BCUT2D eigenvalue weighted by Gasteiger charge is -2.48. The van der Waals surface area contributed by atoms with Gasteiger partial charge in [-0.15, -0.1) is 17.3 Å². The van der Waals surface area contributed by atoms with Crippen LogP contribution in [0.2, 0.25) is 0 Å². The summed E-state index contributed by atoms with van der Waals surface area (Å²) in [6, 6.07) is 12.9. The third kappa shape index (κ3) is 7.95. The minimum Gasteiger partial charge on any atom is -0.328 e. The smallest absolute Gasteiger partial charge is 0.226 e. The Kier molecular flexibility index (Phi) is 11.9. The van der Waals surface area contributed by atoms with Gasteiger partial charge in [0, 0.05) is 39.2 Å². The van der Waals surface area contributed by atoms with Crippen molar-refractivity contribution in [2.24, 2.45) is 0 Å². The van der Waals surface area contributed by atoms with Gasteiger partial charge in [-0.2, -0.15) is 0 Å². The highest BCUT2D eigenvalue weighted by Crippen LogP contribution is 2.41. The highest BCUT2D eigenvalue weighted by atomic mass is 32.1. The standard InChI is InChI=1S/C37H50N2O2S/c1-5-7-8-9-10-11-12-13-14-15-16-17-18-20-35(40)39-28-38(4)36(41)27-37(39,3)30-22-24-34-32(26-30)31-25-29(19-6-2)21-23-33(31)42-34/h21-26H,5,7-18,20,27-28H2,1-4H3. The van der Waals surface area contributed by atoms with Gasteiger partial charge in [0.25, 0.3) is 0 Å². The van der Waals surface area contributed by atoms with Crippen LogP contribution < -0.4 is 0 Å². The van der Waals surface area contributed by atoms with Crippen molar-refractivity contribution < 1.29 is 9.59 Å². The molecule has 0 aliphatic carbocycles. The third-order valence-electron chi connectivity index (χ3n) is 9.03. The highest BCUT2D eigenvalue weighted by Gasteiger charge is 2.44. The maximum absolute atomic E-state index is 13.7. The van der Waals surface area contributed by atoms with E-state index in [1.54, 1.807) is 23.3 Å². The topological polar surface area (TPSA) is 40.6 Å². The first kappa shape index (κ1) is 32.1. The number of rotatable bonds is 15. The fourth-order valence-electron chi connectivity index (χ4n) is 6.35. The molecule has 0 bridgehead atoms. The average molecular weight is 587 g/mol. The molecule has 1 fully saturated rings. The summed E-state index contributed by atoms with van der Waals surface area (Å²) in [4.78, 5) is 30.3. The largest absolute Gasteiger partial charge is 0.328 e. The summed E-state index contributed by atoms with van der Waals surface area (Å²) in [5.74, 6) is 6.40. The fraction of sp³-hybridized carbons (Fsp3) is 0.568. The lowest BCUT2D eigenvalue weighted by atomic mass is 9.83. The van der Waals surface area contributed by atoms with Gasteiger partial charge in [0.2, 0.25) is 11.8 Å². The van der Waals surface area contributed by atoms with Crippen molar-refractivity contribution in [3.63, 3.8) is 0 Å². The summed E-state index contributed by atoms with van der Waals surface area (Å²) in [6.07, 6.45) is 17.6. The maximum Gasteiger partial charge on any atom is 0.226 e. The second kappa shape index (κ2) is 15.6. The first-order chi connectivity index (χ1) is 20.4. The number of nitrogens with zero attached hydrogens (tertiary/aromatic N) is 2. The number of thiophene rings is 1. The lowest BCUT2D eigenvalue weighted by molar-refractivity contribution is -0.156. The highest BCUT2D eigenvalue weighted by molar-refractivity contribution is 7.25. The number of unbranched alkanes of at least 4 members (excludes halogenated alkanes) is 12. The van der Waals surface area contributed by atoms with E-state index in [1.807, 2.05) is 11.8 Å². The van der Waals surface area contributed by atoms with Crippen molar-refractivity contribution in [2.75, 3.05) is 13.7 Å². The van der Waals surface area contributed by atoms with E-state index in [9.17, 15) is 9.59 Å². The zero-order valence-electron chi connectivity index (χ0n) is 26.4. The minimum atomic E-state index is -0.666. The van der Waals surface area contributed by atoms with Crippen LogP contribution in [-0.4, -0.2) is 35.3 Å². The predicted octanol–water partition coefficient (Wildman–Crippen LogP) is 9.77. The number of benzene rings is 2. The van der Waals surface area contributed by atoms with Gasteiger partial charge in [-0.05, 0) is 56.2 Å². The molecule has 2 amide bonds. The maximum atomic E-state index is 13.7. The fourth-order valence-corrected chi connectivity index (χ4v) is 7.41. The van der Waals surface area contributed by atoms with E-state index < -0.39 is 5.54 Å². The quantitative estimate of drug-likeness (QED) is 0.131.